The SMILES string of the molecule is O=S(=O)(CC1CCCNC1)Nc1cccnn1. The molecule has 1 fully saturated rings. The number of aromatic nitrogens is 2. The summed E-state index contributed by atoms with van der Waals surface area (Å²) < 4.78 is 26.2. The summed E-state index contributed by atoms with van der Waals surface area (Å²) >= 11 is 0. The summed E-state index contributed by atoms with van der Waals surface area (Å²) in [5, 5.41) is 10.5. The van der Waals surface area contributed by atoms with Crippen molar-refractivity contribution in [1.29, 1.82) is 0 Å². The molecule has 2 N–H and O–H groups in total. The number of nitrogens with zero attached hydrogens (tertiary/aromatic N) is 2. The van der Waals surface area contributed by atoms with Crippen molar-refractivity contribution in [2.24, 2.45) is 5.92 Å². The highest BCUT2D eigenvalue weighted by Crippen LogP contribution is 2.13. The lowest BCUT2D eigenvalue weighted by molar-refractivity contribution is 0.404. The standard InChI is InChI=1S/C10H16N4O2S/c15-17(16,8-9-3-1-5-11-7-9)14-10-4-2-6-12-13-10/h2,4,6,9,11H,1,3,5,7-8H2,(H,13,14). The van der Waals surface area contributed by atoms with Crippen LogP contribution in [-0.2, 0) is 10.0 Å². The maximum Gasteiger partial charge on any atom is 0.234 e. The van der Waals surface area contributed by atoms with Crippen molar-refractivity contribution in [3.8, 4) is 0 Å². The van der Waals surface area contributed by atoms with E-state index in [9.17, 15) is 8.42 Å². The van der Waals surface area contributed by atoms with Crippen LogP contribution < -0.4 is 10.0 Å². The van der Waals surface area contributed by atoms with E-state index >= 15 is 0 Å². The monoisotopic (exact) mass is 256 g/mol. The minimum atomic E-state index is -3.33. The second kappa shape index (κ2) is 5.42. The first-order valence-electron chi connectivity index (χ1n) is 5.65. The Kier molecular flexibility index (Phi) is 3.90. The van der Waals surface area contributed by atoms with Gasteiger partial charge in [0.15, 0.2) is 5.82 Å². The summed E-state index contributed by atoms with van der Waals surface area (Å²) in [6.07, 6.45) is 3.49. The number of hydrogen-bond acceptors (Lipinski definition) is 5. The quantitative estimate of drug-likeness (QED) is 0.805. The molecule has 2 heterocycles. The van der Waals surface area contributed by atoms with Crippen LogP contribution in [0.25, 0.3) is 0 Å². The maximum absolute atomic E-state index is 11.9. The minimum Gasteiger partial charge on any atom is -0.316 e. The molecular weight excluding hydrogens is 240 g/mol. The first-order valence-corrected chi connectivity index (χ1v) is 7.30. The average Bonchev–Trinajstić information content (AvgIpc) is 2.30. The Morgan fingerprint density at radius 3 is 3.06 bits per heavy atom. The van der Waals surface area contributed by atoms with Crippen molar-refractivity contribution >= 4 is 15.8 Å². The van der Waals surface area contributed by atoms with Gasteiger partial charge in [-0.2, -0.15) is 5.10 Å². The Balaban J connectivity index is 1.94. The van der Waals surface area contributed by atoms with E-state index in [2.05, 4.69) is 20.2 Å². The number of sulfonamides is 1. The predicted octanol–water partition coefficient (Wildman–Crippen LogP) is 0.218. The number of piperidine rings is 1. The van der Waals surface area contributed by atoms with Gasteiger partial charge in [-0.15, -0.1) is 5.10 Å². The summed E-state index contributed by atoms with van der Waals surface area (Å²) in [4.78, 5) is 0. The first-order chi connectivity index (χ1) is 8.16. The van der Waals surface area contributed by atoms with Crippen LogP contribution in [0.2, 0.25) is 0 Å². The van der Waals surface area contributed by atoms with Gasteiger partial charge in [-0.05, 0) is 44.0 Å². The summed E-state index contributed by atoms with van der Waals surface area (Å²) in [7, 11) is -3.33. The second-order valence-electron chi connectivity index (χ2n) is 4.20. The van der Waals surface area contributed by atoms with Crippen LogP contribution in [0, 0.1) is 5.92 Å². The van der Waals surface area contributed by atoms with Gasteiger partial charge in [0.05, 0.1) is 5.75 Å². The summed E-state index contributed by atoms with van der Waals surface area (Å²) in [5.41, 5.74) is 0. The van der Waals surface area contributed by atoms with E-state index in [1.807, 2.05) is 0 Å². The van der Waals surface area contributed by atoms with Crippen LogP contribution in [0.4, 0.5) is 5.82 Å². The smallest absolute Gasteiger partial charge is 0.234 e. The van der Waals surface area contributed by atoms with Crippen LogP contribution in [-0.4, -0.2) is 37.5 Å². The van der Waals surface area contributed by atoms with Gasteiger partial charge in [0.25, 0.3) is 0 Å². The lowest BCUT2D eigenvalue weighted by atomic mass is 10.0. The molecule has 0 aromatic carbocycles. The highest BCUT2D eigenvalue weighted by molar-refractivity contribution is 7.92. The predicted molar refractivity (Wildman–Crippen MR) is 65.0 cm³/mol. The molecule has 1 saturated heterocycles. The zero-order valence-electron chi connectivity index (χ0n) is 9.46. The van der Waals surface area contributed by atoms with Crippen molar-refractivity contribution in [1.82, 2.24) is 15.5 Å². The molecule has 0 saturated carbocycles. The molecule has 94 valence electrons. The molecule has 7 heteroatoms. The zero-order chi connectivity index (χ0) is 12.1. The van der Waals surface area contributed by atoms with E-state index in [1.165, 1.54) is 6.20 Å². The molecule has 1 unspecified atom stereocenters. The van der Waals surface area contributed by atoms with Gasteiger partial charge in [0.2, 0.25) is 10.0 Å². The Bertz CT molecular complexity index is 443. The van der Waals surface area contributed by atoms with E-state index in [4.69, 9.17) is 0 Å². The topological polar surface area (TPSA) is 84.0 Å². The zero-order valence-corrected chi connectivity index (χ0v) is 10.3. The average molecular weight is 256 g/mol. The fourth-order valence-corrected chi connectivity index (χ4v) is 3.35. The second-order valence-corrected chi connectivity index (χ2v) is 5.97. The fraction of sp³-hybridized carbons (Fsp3) is 0.600. The third-order valence-corrected chi connectivity index (χ3v) is 4.12. The number of hydrogen-bond donors (Lipinski definition) is 2. The molecule has 1 aromatic rings. The molecule has 0 radical (unpaired) electrons. The van der Waals surface area contributed by atoms with E-state index < -0.39 is 10.0 Å². The fourth-order valence-electron chi connectivity index (χ4n) is 1.93. The normalized spacial score (nSPS) is 21.1. The molecule has 1 aromatic heterocycles. The van der Waals surface area contributed by atoms with E-state index in [1.54, 1.807) is 12.1 Å². The van der Waals surface area contributed by atoms with Crippen molar-refractivity contribution < 1.29 is 8.42 Å². The highest BCUT2D eigenvalue weighted by Gasteiger charge is 2.21. The van der Waals surface area contributed by atoms with Crippen LogP contribution in [0.15, 0.2) is 18.3 Å². The Hall–Kier alpha value is -1.21. The molecule has 0 aliphatic carbocycles. The molecule has 1 aliphatic rings. The van der Waals surface area contributed by atoms with Crippen molar-refractivity contribution in [3.63, 3.8) is 0 Å². The van der Waals surface area contributed by atoms with Crippen LogP contribution in [0.3, 0.4) is 0 Å². The maximum atomic E-state index is 11.9. The van der Waals surface area contributed by atoms with Crippen molar-refractivity contribution in [2.45, 2.75) is 12.8 Å². The third-order valence-electron chi connectivity index (χ3n) is 2.69. The summed E-state index contributed by atoms with van der Waals surface area (Å²) in [5.74, 6) is 0.588. The van der Waals surface area contributed by atoms with Crippen molar-refractivity contribution in [3.05, 3.63) is 18.3 Å². The molecule has 1 atom stereocenters. The minimum absolute atomic E-state index is 0.135. The van der Waals surface area contributed by atoms with E-state index in [0.29, 0.717) is 0 Å². The number of rotatable bonds is 4. The largest absolute Gasteiger partial charge is 0.316 e. The van der Waals surface area contributed by atoms with Gasteiger partial charge in [-0.3, -0.25) is 4.72 Å². The highest BCUT2D eigenvalue weighted by atomic mass is 32.2. The van der Waals surface area contributed by atoms with Crippen LogP contribution in [0.5, 0.6) is 0 Å². The van der Waals surface area contributed by atoms with Crippen LogP contribution in [0.1, 0.15) is 12.8 Å². The lowest BCUT2D eigenvalue weighted by Crippen LogP contribution is -2.35. The van der Waals surface area contributed by atoms with Gasteiger partial charge >= 0.3 is 0 Å². The molecular formula is C10H16N4O2S. The third kappa shape index (κ3) is 3.94. The van der Waals surface area contributed by atoms with Crippen molar-refractivity contribution in [2.75, 3.05) is 23.6 Å². The molecule has 0 spiro atoms. The molecule has 0 amide bonds. The van der Waals surface area contributed by atoms with Gasteiger partial charge in [-0.25, -0.2) is 8.42 Å². The summed E-state index contributed by atoms with van der Waals surface area (Å²) in [6, 6.07) is 3.23. The van der Waals surface area contributed by atoms with Gasteiger partial charge in [0.1, 0.15) is 0 Å². The summed E-state index contributed by atoms with van der Waals surface area (Å²) in [6.45, 7) is 1.75. The Morgan fingerprint density at radius 2 is 2.41 bits per heavy atom. The lowest BCUT2D eigenvalue weighted by Gasteiger charge is -2.22. The molecule has 1 aliphatic heterocycles. The number of nitrogens with one attached hydrogen (secondary N) is 2. The first kappa shape index (κ1) is 12.3. The molecule has 2 rings (SSSR count). The molecule has 6 nitrogen and oxygen atoms in total. The van der Waals surface area contributed by atoms with Gasteiger partial charge in [-0.1, -0.05) is 0 Å². The van der Waals surface area contributed by atoms with E-state index in [0.717, 1.165) is 25.9 Å². The van der Waals surface area contributed by atoms with Crippen LogP contribution >= 0.6 is 0 Å². The molecule has 17 heavy (non-hydrogen) atoms. The molecule has 0 bridgehead atoms. The Morgan fingerprint density at radius 1 is 1.53 bits per heavy atom. The number of anilines is 1. The Labute approximate surface area is 101 Å². The van der Waals surface area contributed by atoms with Gasteiger partial charge < -0.3 is 5.32 Å². The van der Waals surface area contributed by atoms with Gasteiger partial charge in [0, 0.05) is 6.20 Å². The van der Waals surface area contributed by atoms with E-state index in [-0.39, 0.29) is 17.5 Å².